The van der Waals surface area contributed by atoms with E-state index in [2.05, 4.69) is 4.74 Å². The number of rotatable bonds is 4. The van der Waals surface area contributed by atoms with E-state index in [-0.39, 0.29) is 28.2 Å². The summed E-state index contributed by atoms with van der Waals surface area (Å²) in [5.74, 6) is -1.88. The van der Waals surface area contributed by atoms with Gasteiger partial charge in [-0.3, -0.25) is 9.59 Å². The third kappa shape index (κ3) is 3.84. The van der Waals surface area contributed by atoms with E-state index in [0.29, 0.717) is 0 Å². The Hall–Kier alpha value is -1.33. The fraction of sp³-hybridized carbons (Fsp3) is 0.385. The molecule has 0 radical (unpaired) electrons. The molecule has 1 rings (SSSR count). The minimum Gasteiger partial charge on any atom is -0.468 e. The molecule has 1 aromatic rings. The zero-order valence-corrected chi connectivity index (χ0v) is 12.8. The summed E-state index contributed by atoms with van der Waals surface area (Å²) in [6, 6.07) is 1.83. The Morgan fingerprint density at radius 1 is 1.30 bits per heavy atom. The van der Waals surface area contributed by atoms with Gasteiger partial charge in [-0.25, -0.2) is 4.39 Å². The number of hydrogen-bond donors (Lipinski definition) is 0. The predicted octanol–water partition coefficient (Wildman–Crippen LogP) is 3.16. The van der Waals surface area contributed by atoms with Gasteiger partial charge in [0.15, 0.2) is 0 Å². The Morgan fingerprint density at radius 2 is 1.90 bits per heavy atom. The van der Waals surface area contributed by atoms with E-state index in [1.54, 1.807) is 13.8 Å². The maximum atomic E-state index is 13.5. The van der Waals surface area contributed by atoms with Crippen LogP contribution in [0.25, 0.3) is 0 Å². The van der Waals surface area contributed by atoms with E-state index in [4.69, 9.17) is 23.2 Å². The molecule has 0 N–H and O–H groups in total. The summed E-state index contributed by atoms with van der Waals surface area (Å²) in [7, 11) is 1.22. The molecule has 0 aliphatic rings. The van der Waals surface area contributed by atoms with E-state index in [1.165, 1.54) is 12.0 Å². The molecule has 20 heavy (non-hydrogen) atoms. The fourth-order valence-corrected chi connectivity index (χ4v) is 2.00. The number of methoxy groups -OCH3 is 1. The van der Waals surface area contributed by atoms with Gasteiger partial charge >= 0.3 is 5.97 Å². The van der Waals surface area contributed by atoms with Gasteiger partial charge in [0.2, 0.25) is 0 Å². The lowest BCUT2D eigenvalue weighted by Crippen LogP contribution is -2.41. The number of ether oxygens (including phenoxy) is 1. The number of benzene rings is 1. The average molecular weight is 322 g/mol. The number of nitrogens with zero attached hydrogens (tertiary/aromatic N) is 1. The van der Waals surface area contributed by atoms with Gasteiger partial charge in [0.05, 0.1) is 22.7 Å². The maximum absolute atomic E-state index is 13.5. The van der Waals surface area contributed by atoms with Crippen LogP contribution < -0.4 is 0 Å². The highest BCUT2D eigenvalue weighted by molar-refractivity contribution is 6.36. The first-order chi connectivity index (χ1) is 9.27. The van der Waals surface area contributed by atoms with Crippen molar-refractivity contribution in [2.75, 3.05) is 13.7 Å². The lowest BCUT2D eigenvalue weighted by Gasteiger charge is -2.26. The van der Waals surface area contributed by atoms with Gasteiger partial charge in [-0.05, 0) is 26.0 Å². The second-order valence-corrected chi connectivity index (χ2v) is 5.16. The van der Waals surface area contributed by atoms with Crippen LogP contribution in [0.15, 0.2) is 12.1 Å². The minimum atomic E-state index is -0.749. The summed E-state index contributed by atoms with van der Waals surface area (Å²) in [5, 5.41) is -0.146. The zero-order valence-electron chi connectivity index (χ0n) is 11.2. The first-order valence-electron chi connectivity index (χ1n) is 5.80. The Bertz CT molecular complexity index is 535. The summed E-state index contributed by atoms with van der Waals surface area (Å²) in [6.07, 6.45) is 0. The molecular formula is C13H14Cl2FNO3. The topological polar surface area (TPSA) is 46.6 Å². The molecule has 0 aromatic heterocycles. The van der Waals surface area contributed by atoms with Crippen molar-refractivity contribution in [3.8, 4) is 0 Å². The van der Waals surface area contributed by atoms with Crippen LogP contribution in [0, 0.1) is 5.82 Å². The Labute approximate surface area is 126 Å². The van der Waals surface area contributed by atoms with Gasteiger partial charge in [-0.15, -0.1) is 0 Å². The van der Waals surface area contributed by atoms with Gasteiger partial charge in [0.25, 0.3) is 5.91 Å². The van der Waals surface area contributed by atoms with Crippen LogP contribution in [-0.2, 0) is 9.53 Å². The van der Waals surface area contributed by atoms with E-state index in [0.717, 1.165) is 12.1 Å². The van der Waals surface area contributed by atoms with Crippen molar-refractivity contribution in [1.82, 2.24) is 4.90 Å². The van der Waals surface area contributed by atoms with Gasteiger partial charge in [-0.1, -0.05) is 23.2 Å². The highest BCUT2D eigenvalue weighted by Crippen LogP contribution is 2.25. The van der Waals surface area contributed by atoms with Crippen molar-refractivity contribution in [3.63, 3.8) is 0 Å². The summed E-state index contributed by atoms with van der Waals surface area (Å²) >= 11 is 11.5. The molecule has 0 aliphatic heterocycles. The minimum absolute atomic E-state index is 0.0249. The number of carbonyl (C=O) groups is 2. The normalized spacial score (nSPS) is 10.6. The molecule has 0 atom stereocenters. The molecule has 0 saturated heterocycles. The van der Waals surface area contributed by atoms with Crippen molar-refractivity contribution < 1.29 is 18.7 Å². The van der Waals surface area contributed by atoms with E-state index in [9.17, 15) is 14.0 Å². The van der Waals surface area contributed by atoms with E-state index < -0.39 is 17.7 Å². The Balaban J connectivity index is 3.13. The zero-order chi connectivity index (χ0) is 15.4. The summed E-state index contributed by atoms with van der Waals surface area (Å²) < 4.78 is 18.0. The monoisotopic (exact) mass is 321 g/mol. The lowest BCUT2D eigenvalue weighted by atomic mass is 10.1. The molecule has 0 heterocycles. The SMILES string of the molecule is COC(=O)CN(C(=O)c1cc(F)c(Cl)cc1Cl)C(C)C. The number of esters is 1. The van der Waals surface area contributed by atoms with Crippen molar-refractivity contribution in [3.05, 3.63) is 33.6 Å². The van der Waals surface area contributed by atoms with Crippen LogP contribution in [0.2, 0.25) is 10.0 Å². The second-order valence-electron chi connectivity index (χ2n) is 4.35. The van der Waals surface area contributed by atoms with Crippen LogP contribution >= 0.6 is 23.2 Å². The van der Waals surface area contributed by atoms with Gasteiger partial charge in [-0.2, -0.15) is 0 Å². The fourth-order valence-electron chi connectivity index (χ4n) is 1.53. The molecule has 0 bridgehead atoms. The van der Waals surface area contributed by atoms with Crippen molar-refractivity contribution in [2.45, 2.75) is 19.9 Å². The third-order valence-corrected chi connectivity index (χ3v) is 3.25. The van der Waals surface area contributed by atoms with Crippen molar-refractivity contribution in [1.29, 1.82) is 0 Å². The van der Waals surface area contributed by atoms with Gasteiger partial charge in [0.1, 0.15) is 12.4 Å². The number of carbonyl (C=O) groups excluding carboxylic acids is 2. The highest BCUT2D eigenvalue weighted by Gasteiger charge is 2.24. The first-order valence-corrected chi connectivity index (χ1v) is 6.55. The van der Waals surface area contributed by atoms with Gasteiger partial charge < -0.3 is 9.64 Å². The smallest absolute Gasteiger partial charge is 0.325 e. The van der Waals surface area contributed by atoms with Crippen LogP contribution in [0.3, 0.4) is 0 Å². The molecule has 110 valence electrons. The first kappa shape index (κ1) is 16.7. The quantitative estimate of drug-likeness (QED) is 0.632. The van der Waals surface area contributed by atoms with Crippen LogP contribution in [-0.4, -0.2) is 36.5 Å². The predicted molar refractivity (Wildman–Crippen MR) is 74.6 cm³/mol. The summed E-state index contributed by atoms with van der Waals surface area (Å²) in [4.78, 5) is 24.9. The third-order valence-electron chi connectivity index (χ3n) is 2.65. The standard InChI is InChI=1S/C13H14Cl2FNO3/c1-7(2)17(6-12(18)20-3)13(19)8-4-11(16)10(15)5-9(8)14/h4-5,7H,6H2,1-3H3. The molecule has 1 aromatic carbocycles. The Morgan fingerprint density at radius 3 is 2.40 bits per heavy atom. The van der Waals surface area contributed by atoms with E-state index >= 15 is 0 Å². The molecule has 0 spiro atoms. The van der Waals surface area contributed by atoms with Gasteiger partial charge in [0, 0.05) is 6.04 Å². The maximum Gasteiger partial charge on any atom is 0.325 e. The molecule has 1 amide bonds. The summed E-state index contributed by atoms with van der Waals surface area (Å²) in [6.45, 7) is 3.20. The number of hydrogen-bond acceptors (Lipinski definition) is 3. The van der Waals surface area contributed by atoms with E-state index in [1.807, 2.05) is 0 Å². The van der Waals surface area contributed by atoms with Crippen molar-refractivity contribution >= 4 is 35.1 Å². The molecule has 0 saturated carbocycles. The molecule has 0 unspecified atom stereocenters. The second kappa shape index (κ2) is 6.90. The number of halogens is 3. The molecular weight excluding hydrogens is 308 g/mol. The molecule has 0 fully saturated rings. The molecule has 7 heteroatoms. The number of amides is 1. The Kier molecular flexibility index (Phi) is 5.77. The average Bonchev–Trinajstić information content (AvgIpc) is 2.38. The van der Waals surface area contributed by atoms with Crippen molar-refractivity contribution in [2.24, 2.45) is 0 Å². The highest BCUT2D eigenvalue weighted by atomic mass is 35.5. The van der Waals surface area contributed by atoms with Crippen LogP contribution in [0.5, 0.6) is 0 Å². The van der Waals surface area contributed by atoms with Crippen LogP contribution in [0.1, 0.15) is 24.2 Å². The molecule has 0 aliphatic carbocycles. The summed E-state index contributed by atoms with van der Waals surface area (Å²) in [5.41, 5.74) is -0.0498. The largest absolute Gasteiger partial charge is 0.468 e. The van der Waals surface area contributed by atoms with Crippen LogP contribution in [0.4, 0.5) is 4.39 Å². The lowest BCUT2D eigenvalue weighted by molar-refractivity contribution is -0.141. The molecule has 4 nitrogen and oxygen atoms in total.